The molecule has 6 heteroatoms. The van der Waals surface area contributed by atoms with E-state index < -0.39 is 0 Å². The van der Waals surface area contributed by atoms with Crippen molar-refractivity contribution in [3.63, 3.8) is 0 Å². The van der Waals surface area contributed by atoms with Crippen LogP contribution in [0.3, 0.4) is 0 Å². The first-order chi connectivity index (χ1) is 11.2. The Balaban J connectivity index is 1.56. The van der Waals surface area contributed by atoms with Crippen LogP contribution < -0.4 is 4.74 Å². The fourth-order valence-corrected chi connectivity index (χ4v) is 2.53. The van der Waals surface area contributed by atoms with E-state index in [9.17, 15) is 4.79 Å². The first kappa shape index (κ1) is 15.2. The van der Waals surface area contributed by atoms with Gasteiger partial charge < -0.3 is 9.47 Å². The molecule has 1 aromatic carbocycles. The number of carbonyl (C=O) groups excluding carboxylic acids is 1. The summed E-state index contributed by atoms with van der Waals surface area (Å²) in [6, 6.07) is 12.7. The monoisotopic (exact) mass is 326 g/mol. The normalized spacial score (nSPS) is 10.3. The second-order valence-corrected chi connectivity index (χ2v) is 5.65. The van der Waals surface area contributed by atoms with Gasteiger partial charge in [0.15, 0.2) is 0 Å². The van der Waals surface area contributed by atoms with E-state index in [1.807, 2.05) is 43.3 Å². The van der Waals surface area contributed by atoms with Crippen molar-refractivity contribution in [3.05, 3.63) is 71.0 Å². The average Bonchev–Trinajstić information content (AvgIpc) is 3.01. The lowest BCUT2D eigenvalue weighted by atomic mass is 10.2. The van der Waals surface area contributed by atoms with Gasteiger partial charge in [0.1, 0.15) is 23.0 Å². The minimum atomic E-state index is -0.355. The highest BCUT2D eigenvalue weighted by molar-refractivity contribution is 7.08. The summed E-state index contributed by atoms with van der Waals surface area (Å²) in [6.07, 6.45) is 3.33. The van der Waals surface area contributed by atoms with Crippen molar-refractivity contribution in [3.8, 4) is 11.5 Å². The van der Waals surface area contributed by atoms with Crippen LogP contribution in [0.25, 0.3) is 0 Å². The van der Waals surface area contributed by atoms with Crippen molar-refractivity contribution >= 4 is 17.5 Å². The third kappa shape index (κ3) is 4.14. The van der Waals surface area contributed by atoms with Crippen LogP contribution >= 0.6 is 11.5 Å². The summed E-state index contributed by atoms with van der Waals surface area (Å²) in [5, 5.41) is 0. The van der Waals surface area contributed by atoms with Crippen LogP contribution in [0, 0.1) is 6.92 Å². The van der Waals surface area contributed by atoms with Crippen molar-refractivity contribution in [2.45, 2.75) is 13.5 Å². The maximum Gasteiger partial charge on any atom is 0.350 e. The van der Waals surface area contributed by atoms with Crippen LogP contribution in [0.2, 0.25) is 0 Å². The molecule has 0 bridgehead atoms. The molecular formula is C17H14N2O3S. The molecule has 3 rings (SSSR count). The number of ether oxygens (including phenoxy) is 2. The van der Waals surface area contributed by atoms with Crippen molar-refractivity contribution in [2.75, 3.05) is 0 Å². The Morgan fingerprint density at radius 3 is 2.65 bits per heavy atom. The molecule has 23 heavy (non-hydrogen) atoms. The molecule has 0 spiro atoms. The molecule has 0 N–H and O–H groups in total. The Bertz CT molecular complexity index is 785. The molecule has 0 aliphatic carbocycles. The Morgan fingerprint density at radius 1 is 1.17 bits per heavy atom. The van der Waals surface area contributed by atoms with E-state index in [0.717, 1.165) is 22.8 Å². The zero-order valence-corrected chi connectivity index (χ0v) is 13.2. The lowest BCUT2D eigenvalue weighted by molar-refractivity contribution is 0.0478. The van der Waals surface area contributed by atoms with Gasteiger partial charge in [0.2, 0.25) is 0 Å². The molecule has 5 nitrogen and oxygen atoms in total. The van der Waals surface area contributed by atoms with Crippen LogP contribution in [-0.2, 0) is 11.3 Å². The maximum atomic E-state index is 11.9. The summed E-state index contributed by atoms with van der Waals surface area (Å²) in [5.74, 6) is 1.02. The highest BCUT2D eigenvalue weighted by Crippen LogP contribution is 2.21. The number of aromatic nitrogens is 2. The number of esters is 1. The van der Waals surface area contributed by atoms with Gasteiger partial charge >= 0.3 is 5.97 Å². The predicted octanol–water partition coefficient (Wildman–Crippen LogP) is 4.00. The molecule has 2 aromatic heterocycles. The smallest absolute Gasteiger partial charge is 0.350 e. The second-order valence-electron chi connectivity index (χ2n) is 4.84. The number of pyridine rings is 1. The molecule has 0 aliphatic heterocycles. The van der Waals surface area contributed by atoms with Crippen LogP contribution in [0.1, 0.15) is 20.9 Å². The Hall–Kier alpha value is -2.73. The van der Waals surface area contributed by atoms with Gasteiger partial charge in [0, 0.05) is 6.20 Å². The summed E-state index contributed by atoms with van der Waals surface area (Å²) >= 11 is 1.15. The first-order valence-corrected chi connectivity index (χ1v) is 7.75. The lowest BCUT2D eigenvalue weighted by Crippen LogP contribution is -2.03. The summed E-state index contributed by atoms with van der Waals surface area (Å²) in [5.41, 5.74) is 1.71. The number of rotatable bonds is 5. The zero-order valence-electron chi connectivity index (χ0n) is 12.4. The van der Waals surface area contributed by atoms with Gasteiger partial charge in [-0.3, -0.25) is 4.98 Å². The molecule has 0 fully saturated rings. The number of carbonyl (C=O) groups is 1. The number of hydrogen-bond donors (Lipinski definition) is 0. The molecule has 3 aromatic rings. The lowest BCUT2D eigenvalue weighted by Gasteiger charge is -2.07. The van der Waals surface area contributed by atoms with Gasteiger partial charge in [-0.15, -0.1) is 0 Å². The fraction of sp³-hybridized carbons (Fsp3) is 0.118. The SMILES string of the molecule is Cc1cc(C(=O)OCc2ccc(Oc3cccnc3)cc2)sn1. The van der Waals surface area contributed by atoms with E-state index in [0.29, 0.717) is 16.4 Å². The molecule has 0 saturated carbocycles. The first-order valence-electron chi connectivity index (χ1n) is 6.98. The molecule has 116 valence electrons. The van der Waals surface area contributed by atoms with Gasteiger partial charge in [-0.1, -0.05) is 12.1 Å². The molecule has 0 atom stereocenters. The van der Waals surface area contributed by atoms with E-state index in [4.69, 9.17) is 9.47 Å². The summed E-state index contributed by atoms with van der Waals surface area (Å²) < 4.78 is 15.0. The summed E-state index contributed by atoms with van der Waals surface area (Å²) in [6.45, 7) is 2.05. The minimum absolute atomic E-state index is 0.211. The van der Waals surface area contributed by atoms with Crippen LogP contribution in [0.15, 0.2) is 54.9 Å². The standard InChI is InChI=1S/C17H14N2O3S/c1-12-9-16(23-19-12)17(20)21-11-13-4-6-14(7-5-13)22-15-3-2-8-18-10-15/h2-10H,11H2,1H3. The molecule has 0 amide bonds. The predicted molar refractivity (Wildman–Crippen MR) is 86.7 cm³/mol. The Labute approximate surface area is 137 Å². The fourth-order valence-electron chi connectivity index (χ4n) is 1.88. The second kappa shape index (κ2) is 7.02. The van der Waals surface area contributed by atoms with E-state index in [-0.39, 0.29) is 12.6 Å². The number of hydrogen-bond acceptors (Lipinski definition) is 6. The van der Waals surface area contributed by atoms with Gasteiger partial charge in [-0.2, -0.15) is 4.37 Å². The van der Waals surface area contributed by atoms with E-state index in [2.05, 4.69) is 9.36 Å². The highest BCUT2D eigenvalue weighted by atomic mass is 32.1. The average molecular weight is 326 g/mol. The third-order valence-corrected chi connectivity index (χ3v) is 3.85. The molecule has 0 aliphatic rings. The highest BCUT2D eigenvalue weighted by Gasteiger charge is 2.10. The van der Waals surface area contributed by atoms with Gasteiger partial charge in [0.05, 0.1) is 11.9 Å². The minimum Gasteiger partial charge on any atom is -0.457 e. The molecule has 0 saturated heterocycles. The molecule has 0 radical (unpaired) electrons. The Kier molecular flexibility index (Phi) is 4.63. The van der Waals surface area contributed by atoms with Gasteiger partial charge in [-0.05, 0) is 54.4 Å². The van der Waals surface area contributed by atoms with Crippen molar-refractivity contribution < 1.29 is 14.3 Å². The number of nitrogens with zero attached hydrogens (tertiary/aromatic N) is 2. The van der Waals surface area contributed by atoms with Crippen molar-refractivity contribution in [2.24, 2.45) is 0 Å². The molecule has 2 heterocycles. The number of benzene rings is 1. The number of aryl methyl sites for hydroxylation is 1. The van der Waals surface area contributed by atoms with Gasteiger partial charge in [-0.25, -0.2) is 4.79 Å². The topological polar surface area (TPSA) is 61.3 Å². The van der Waals surface area contributed by atoms with Crippen LogP contribution in [0.4, 0.5) is 0 Å². The zero-order chi connectivity index (χ0) is 16.1. The van der Waals surface area contributed by atoms with E-state index >= 15 is 0 Å². The van der Waals surface area contributed by atoms with Crippen LogP contribution in [-0.4, -0.2) is 15.3 Å². The third-order valence-electron chi connectivity index (χ3n) is 2.99. The Morgan fingerprint density at radius 2 is 2.00 bits per heavy atom. The van der Waals surface area contributed by atoms with Crippen molar-refractivity contribution in [1.82, 2.24) is 9.36 Å². The quantitative estimate of drug-likeness (QED) is 0.663. The summed E-state index contributed by atoms with van der Waals surface area (Å²) in [4.78, 5) is 16.4. The largest absolute Gasteiger partial charge is 0.457 e. The molecular weight excluding hydrogens is 312 g/mol. The molecule has 0 unspecified atom stereocenters. The van der Waals surface area contributed by atoms with E-state index in [1.54, 1.807) is 18.5 Å². The maximum absolute atomic E-state index is 11.9. The van der Waals surface area contributed by atoms with Crippen molar-refractivity contribution in [1.29, 1.82) is 0 Å². The van der Waals surface area contributed by atoms with E-state index in [1.165, 1.54) is 0 Å². The summed E-state index contributed by atoms with van der Waals surface area (Å²) in [7, 11) is 0. The van der Waals surface area contributed by atoms with Crippen LogP contribution in [0.5, 0.6) is 11.5 Å². The van der Waals surface area contributed by atoms with Gasteiger partial charge in [0.25, 0.3) is 0 Å².